The minimum Gasteiger partial charge on any atom is -0.508 e. The van der Waals surface area contributed by atoms with Gasteiger partial charge in [-0.3, -0.25) is 9.59 Å². The van der Waals surface area contributed by atoms with E-state index < -0.39 is 24.0 Å². The van der Waals surface area contributed by atoms with Crippen molar-refractivity contribution in [3.8, 4) is 5.75 Å². The van der Waals surface area contributed by atoms with E-state index in [4.69, 9.17) is 5.73 Å². The zero-order chi connectivity index (χ0) is 24.7. The third kappa shape index (κ3) is 7.32. The highest BCUT2D eigenvalue weighted by Gasteiger charge is 2.26. The predicted octanol–water partition coefficient (Wildman–Crippen LogP) is 3.13. The average Bonchev–Trinajstić information content (AvgIpc) is 2.77. The van der Waals surface area contributed by atoms with Gasteiger partial charge in [0.15, 0.2) is 0 Å². The second kappa shape index (κ2) is 11.5. The van der Waals surface area contributed by atoms with Crippen molar-refractivity contribution in [2.75, 3.05) is 5.32 Å². The van der Waals surface area contributed by atoms with E-state index in [1.807, 2.05) is 20.8 Å². The number of anilines is 1. The highest BCUT2D eigenvalue weighted by atomic mass is 16.4. The summed E-state index contributed by atoms with van der Waals surface area (Å²) in [6.45, 7) is 7.30. The number of benzene rings is 2. The number of aromatic hydroxyl groups is 1. The van der Waals surface area contributed by atoms with Crippen LogP contribution in [0.5, 0.6) is 5.75 Å². The number of carbonyl (C=O) groups is 3. The molecule has 0 saturated heterocycles. The quantitative estimate of drug-likeness (QED) is 0.373. The van der Waals surface area contributed by atoms with Gasteiger partial charge in [0, 0.05) is 11.3 Å². The van der Waals surface area contributed by atoms with Gasteiger partial charge in [0.1, 0.15) is 11.8 Å². The molecule has 6 N–H and O–H groups in total. The van der Waals surface area contributed by atoms with Crippen LogP contribution in [0.1, 0.15) is 55.6 Å². The number of rotatable bonds is 10. The van der Waals surface area contributed by atoms with Gasteiger partial charge in [-0.1, -0.05) is 46.2 Å². The summed E-state index contributed by atoms with van der Waals surface area (Å²) < 4.78 is 0. The third-order valence-electron chi connectivity index (χ3n) is 5.65. The molecule has 0 aliphatic heterocycles. The minimum atomic E-state index is -1.10. The van der Waals surface area contributed by atoms with Crippen LogP contribution >= 0.6 is 0 Å². The van der Waals surface area contributed by atoms with E-state index in [9.17, 15) is 24.6 Å². The van der Waals surface area contributed by atoms with Crippen LogP contribution in [0.3, 0.4) is 0 Å². The molecule has 8 heteroatoms. The molecule has 8 nitrogen and oxygen atoms in total. The van der Waals surface area contributed by atoms with Crippen LogP contribution in [-0.2, 0) is 16.0 Å². The molecule has 0 saturated carbocycles. The molecule has 3 atom stereocenters. The highest BCUT2D eigenvalue weighted by Crippen LogP contribution is 2.21. The van der Waals surface area contributed by atoms with Crippen molar-refractivity contribution >= 4 is 23.5 Å². The van der Waals surface area contributed by atoms with Gasteiger partial charge in [0.05, 0.1) is 6.04 Å². The lowest BCUT2D eigenvalue weighted by molar-refractivity contribution is -0.140. The third-order valence-corrected chi connectivity index (χ3v) is 5.65. The van der Waals surface area contributed by atoms with E-state index in [-0.39, 0.29) is 29.1 Å². The highest BCUT2D eigenvalue weighted by molar-refractivity contribution is 6.00. The molecule has 2 rings (SSSR count). The summed E-state index contributed by atoms with van der Waals surface area (Å²) in [6, 6.07) is 9.83. The first-order valence-corrected chi connectivity index (χ1v) is 11.0. The fraction of sp³-hybridized carbons (Fsp3) is 0.400. The first-order valence-electron chi connectivity index (χ1n) is 11.0. The second-order valence-electron chi connectivity index (χ2n) is 8.70. The number of phenols is 1. The largest absolute Gasteiger partial charge is 0.508 e. The molecule has 2 amide bonds. The fourth-order valence-corrected chi connectivity index (χ4v) is 3.28. The van der Waals surface area contributed by atoms with Gasteiger partial charge in [-0.05, 0) is 59.7 Å². The van der Waals surface area contributed by atoms with Crippen molar-refractivity contribution < 1.29 is 24.6 Å². The molecule has 0 aliphatic carbocycles. The molecule has 0 aliphatic rings. The molecule has 0 radical (unpaired) electrons. The van der Waals surface area contributed by atoms with Crippen LogP contribution in [0.25, 0.3) is 0 Å². The zero-order valence-electron chi connectivity index (χ0n) is 19.5. The lowest BCUT2D eigenvalue weighted by Gasteiger charge is -2.21. The number of nitrogens with two attached hydrogens (primary N) is 1. The fourth-order valence-electron chi connectivity index (χ4n) is 3.28. The molecule has 178 valence electrons. The topological polar surface area (TPSA) is 142 Å². The first kappa shape index (κ1) is 25.9. The Labute approximate surface area is 194 Å². The number of carboxylic acids is 1. The molecular formula is C25H33N3O5. The van der Waals surface area contributed by atoms with Crippen LogP contribution in [0.4, 0.5) is 5.69 Å². The number of carbonyl (C=O) groups excluding carboxylic acids is 2. The second-order valence-corrected chi connectivity index (χ2v) is 8.70. The summed E-state index contributed by atoms with van der Waals surface area (Å²) in [6.07, 6.45) is 1.03. The maximum Gasteiger partial charge on any atom is 0.326 e. The minimum absolute atomic E-state index is 0.0696. The van der Waals surface area contributed by atoms with Gasteiger partial charge in [-0.15, -0.1) is 0 Å². The van der Waals surface area contributed by atoms with E-state index in [0.717, 1.165) is 11.1 Å². The molecule has 2 aromatic rings. The summed E-state index contributed by atoms with van der Waals surface area (Å²) in [5.41, 5.74) is 8.20. The first-order chi connectivity index (χ1) is 15.5. The van der Waals surface area contributed by atoms with Gasteiger partial charge in [0.25, 0.3) is 5.91 Å². The summed E-state index contributed by atoms with van der Waals surface area (Å²) in [5, 5.41) is 24.4. The van der Waals surface area contributed by atoms with Crippen LogP contribution in [0.2, 0.25) is 0 Å². The Hall–Kier alpha value is -3.39. The zero-order valence-corrected chi connectivity index (χ0v) is 19.5. The van der Waals surface area contributed by atoms with Crippen molar-refractivity contribution in [3.63, 3.8) is 0 Å². The number of hydrogen-bond donors (Lipinski definition) is 5. The van der Waals surface area contributed by atoms with Crippen molar-refractivity contribution in [3.05, 3.63) is 59.2 Å². The Bertz CT molecular complexity index is 988. The van der Waals surface area contributed by atoms with E-state index in [1.165, 1.54) is 6.07 Å². The van der Waals surface area contributed by atoms with Crippen molar-refractivity contribution in [1.29, 1.82) is 0 Å². The Kier molecular flexibility index (Phi) is 8.99. The molecular weight excluding hydrogens is 422 g/mol. The Morgan fingerprint density at radius 2 is 1.64 bits per heavy atom. The summed E-state index contributed by atoms with van der Waals surface area (Å²) >= 11 is 0. The summed E-state index contributed by atoms with van der Waals surface area (Å²) in [7, 11) is 0. The Morgan fingerprint density at radius 1 is 1.00 bits per heavy atom. The standard InChI is InChI=1S/C25H33N3O5/c1-5-15(4)22(25(32)33)28-23(30)18-11-17(10-16-6-8-20(29)9-7-16)12-19(13-18)27-24(31)21(26)14(2)3/h6-9,11-15,21-22,29H,5,10,26H2,1-4H3,(H,27,31)(H,28,30)(H,32,33)/t15-,21+,22+/m1/s1. The van der Waals surface area contributed by atoms with Crippen molar-refractivity contribution in [2.24, 2.45) is 17.6 Å². The monoisotopic (exact) mass is 455 g/mol. The molecule has 0 spiro atoms. The van der Waals surface area contributed by atoms with E-state index in [0.29, 0.717) is 18.5 Å². The molecule has 0 aromatic heterocycles. The number of phenolic OH excluding ortho intramolecular Hbond substituents is 1. The van der Waals surface area contributed by atoms with Gasteiger partial charge >= 0.3 is 5.97 Å². The molecule has 33 heavy (non-hydrogen) atoms. The van der Waals surface area contributed by atoms with Crippen LogP contribution in [-0.4, -0.2) is 40.1 Å². The van der Waals surface area contributed by atoms with Gasteiger partial charge < -0.3 is 26.6 Å². The molecule has 0 fully saturated rings. The van der Waals surface area contributed by atoms with Crippen LogP contribution < -0.4 is 16.4 Å². The SMILES string of the molecule is CC[C@@H](C)[C@H](NC(=O)c1cc(Cc2ccc(O)cc2)cc(NC(=O)[C@@H](N)C(C)C)c1)C(=O)O. The smallest absolute Gasteiger partial charge is 0.326 e. The van der Waals surface area contributed by atoms with Crippen LogP contribution in [0.15, 0.2) is 42.5 Å². The molecule has 0 unspecified atom stereocenters. The van der Waals surface area contributed by atoms with Gasteiger partial charge in [0.2, 0.25) is 5.91 Å². The lowest BCUT2D eigenvalue weighted by Crippen LogP contribution is -2.45. The Balaban J connectivity index is 2.38. The van der Waals surface area contributed by atoms with E-state index in [2.05, 4.69) is 10.6 Å². The molecule has 2 aromatic carbocycles. The summed E-state index contributed by atoms with van der Waals surface area (Å²) in [5.74, 6) is -2.20. The van der Waals surface area contributed by atoms with Crippen LogP contribution in [0, 0.1) is 11.8 Å². The van der Waals surface area contributed by atoms with E-state index >= 15 is 0 Å². The number of hydrogen-bond acceptors (Lipinski definition) is 5. The number of nitrogens with one attached hydrogen (secondary N) is 2. The summed E-state index contributed by atoms with van der Waals surface area (Å²) in [4.78, 5) is 37.1. The molecule has 0 heterocycles. The van der Waals surface area contributed by atoms with E-state index in [1.54, 1.807) is 43.3 Å². The van der Waals surface area contributed by atoms with Gasteiger partial charge in [-0.25, -0.2) is 4.79 Å². The number of carboxylic acid groups (broad SMARTS) is 1. The lowest BCUT2D eigenvalue weighted by atomic mass is 9.98. The normalized spacial score (nSPS) is 13.8. The maximum atomic E-state index is 13.0. The Morgan fingerprint density at radius 3 is 2.18 bits per heavy atom. The average molecular weight is 456 g/mol. The predicted molar refractivity (Wildman–Crippen MR) is 127 cm³/mol. The van der Waals surface area contributed by atoms with Crippen molar-refractivity contribution in [2.45, 2.75) is 52.6 Å². The molecule has 0 bridgehead atoms. The number of amides is 2. The van der Waals surface area contributed by atoms with Crippen molar-refractivity contribution in [1.82, 2.24) is 5.32 Å². The maximum absolute atomic E-state index is 13.0. The van der Waals surface area contributed by atoms with Gasteiger partial charge in [-0.2, -0.15) is 0 Å². The number of aliphatic carboxylic acids is 1.